The lowest BCUT2D eigenvalue weighted by atomic mass is 10.3. The first-order valence-corrected chi connectivity index (χ1v) is 6.72. The van der Waals surface area contributed by atoms with Gasteiger partial charge in [-0.1, -0.05) is 11.3 Å². The summed E-state index contributed by atoms with van der Waals surface area (Å²) in [6, 6.07) is 1.78. The van der Waals surface area contributed by atoms with Crippen LogP contribution in [0.2, 0.25) is 0 Å². The Morgan fingerprint density at radius 2 is 2.00 bits per heavy atom. The molecule has 0 radical (unpaired) electrons. The first-order valence-electron chi connectivity index (χ1n) is 5.90. The van der Waals surface area contributed by atoms with Gasteiger partial charge in [0, 0.05) is 6.07 Å². The molecular formula is C12H9F5N2O2S. The fourth-order valence-electron chi connectivity index (χ4n) is 1.48. The molecule has 0 saturated carbocycles. The van der Waals surface area contributed by atoms with Crippen LogP contribution in [0.1, 0.15) is 6.92 Å². The van der Waals surface area contributed by atoms with Crippen molar-refractivity contribution in [3.8, 4) is 0 Å². The predicted octanol–water partition coefficient (Wildman–Crippen LogP) is 3.48. The third-order valence-corrected chi connectivity index (χ3v) is 3.46. The number of ether oxygens (including phenoxy) is 1. The summed E-state index contributed by atoms with van der Waals surface area (Å²) >= 11 is 0.862. The average molecular weight is 340 g/mol. The van der Waals surface area contributed by atoms with Gasteiger partial charge in [0.25, 0.3) is 5.91 Å². The maximum absolute atomic E-state index is 13.1. The van der Waals surface area contributed by atoms with Crippen LogP contribution in [-0.4, -0.2) is 29.8 Å². The van der Waals surface area contributed by atoms with Crippen molar-refractivity contribution in [2.75, 3.05) is 11.9 Å². The third kappa shape index (κ3) is 4.10. The number of nitrogens with one attached hydrogen (secondary N) is 1. The Hall–Kier alpha value is -1.81. The summed E-state index contributed by atoms with van der Waals surface area (Å²) in [6.07, 6.45) is -5.90. The van der Waals surface area contributed by atoms with Crippen molar-refractivity contribution < 1.29 is 31.5 Å². The number of halogens is 5. The van der Waals surface area contributed by atoms with Crippen LogP contribution >= 0.6 is 11.3 Å². The quantitative estimate of drug-likeness (QED) is 0.867. The molecule has 1 N–H and O–H groups in total. The minimum absolute atomic E-state index is 0.00691. The number of rotatable bonds is 4. The first-order chi connectivity index (χ1) is 10.2. The van der Waals surface area contributed by atoms with Crippen molar-refractivity contribution in [3.05, 3.63) is 23.8 Å². The highest BCUT2D eigenvalue weighted by Crippen LogP contribution is 2.28. The minimum Gasteiger partial charge on any atom is -0.359 e. The fourth-order valence-corrected chi connectivity index (χ4v) is 2.35. The molecule has 0 spiro atoms. The topological polar surface area (TPSA) is 51.2 Å². The lowest BCUT2D eigenvalue weighted by Gasteiger charge is -2.13. The molecular weight excluding hydrogens is 331 g/mol. The summed E-state index contributed by atoms with van der Waals surface area (Å²) in [5.74, 6) is -2.99. The molecule has 0 aliphatic heterocycles. The summed E-state index contributed by atoms with van der Waals surface area (Å²) < 4.78 is 66.7. The highest BCUT2D eigenvalue weighted by Gasteiger charge is 2.30. The van der Waals surface area contributed by atoms with Gasteiger partial charge in [0.1, 0.15) is 12.7 Å². The summed E-state index contributed by atoms with van der Waals surface area (Å²) in [5.41, 5.74) is 0.128. The number of aromatic nitrogens is 1. The zero-order valence-corrected chi connectivity index (χ0v) is 11.8. The Kier molecular flexibility index (Phi) is 4.61. The van der Waals surface area contributed by atoms with Crippen LogP contribution in [0.25, 0.3) is 10.2 Å². The lowest BCUT2D eigenvalue weighted by Crippen LogP contribution is -2.31. The van der Waals surface area contributed by atoms with E-state index >= 15 is 0 Å². The number of thiazole rings is 1. The predicted molar refractivity (Wildman–Crippen MR) is 69.6 cm³/mol. The second kappa shape index (κ2) is 6.13. The van der Waals surface area contributed by atoms with Gasteiger partial charge in [0.05, 0.1) is 10.2 Å². The Morgan fingerprint density at radius 3 is 2.64 bits per heavy atom. The molecule has 1 amide bonds. The van der Waals surface area contributed by atoms with Crippen LogP contribution in [0.5, 0.6) is 0 Å². The van der Waals surface area contributed by atoms with Crippen molar-refractivity contribution in [2.24, 2.45) is 0 Å². The molecule has 0 saturated heterocycles. The zero-order chi connectivity index (χ0) is 16.5. The van der Waals surface area contributed by atoms with E-state index in [1.54, 1.807) is 0 Å². The maximum Gasteiger partial charge on any atom is 0.411 e. The van der Waals surface area contributed by atoms with Crippen molar-refractivity contribution >= 4 is 32.6 Å². The number of carbonyl (C=O) groups is 1. The van der Waals surface area contributed by atoms with E-state index in [1.807, 2.05) is 0 Å². The van der Waals surface area contributed by atoms with E-state index in [2.05, 4.69) is 15.0 Å². The number of alkyl halides is 3. The Balaban J connectivity index is 2.05. The Bertz CT molecular complexity index is 662. The standard InChI is InChI=1S/C12H9F5N2O2S/c1-5(21-4-12(15,16)17)10(20)19-11-18-8-2-6(13)7(14)3-9(8)22-11/h2-3,5H,4H2,1H3,(H,18,19,20). The largest absolute Gasteiger partial charge is 0.411 e. The number of amides is 1. The summed E-state index contributed by atoms with van der Waals surface area (Å²) in [7, 11) is 0. The number of hydrogen-bond acceptors (Lipinski definition) is 4. The molecule has 2 aromatic rings. The summed E-state index contributed by atoms with van der Waals surface area (Å²) in [5, 5.41) is 2.24. The Morgan fingerprint density at radius 1 is 1.36 bits per heavy atom. The number of anilines is 1. The second-order valence-electron chi connectivity index (χ2n) is 4.31. The van der Waals surface area contributed by atoms with E-state index < -0.39 is 36.4 Å². The molecule has 0 aliphatic rings. The van der Waals surface area contributed by atoms with E-state index in [1.165, 1.54) is 0 Å². The molecule has 22 heavy (non-hydrogen) atoms. The second-order valence-corrected chi connectivity index (χ2v) is 5.34. The molecule has 1 aromatic heterocycles. The van der Waals surface area contributed by atoms with Crippen molar-refractivity contribution in [3.63, 3.8) is 0 Å². The highest BCUT2D eigenvalue weighted by atomic mass is 32.1. The molecule has 10 heteroatoms. The van der Waals surface area contributed by atoms with Gasteiger partial charge < -0.3 is 4.74 Å². The number of nitrogens with zero attached hydrogens (tertiary/aromatic N) is 1. The fraction of sp³-hybridized carbons (Fsp3) is 0.333. The van der Waals surface area contributed by atoms with E-state index in [9.17, 15) is 26.7 Å². The SMILES string of the molecule is CC(OCC(F)(F)F)C(=O)Nc1nc2cc(F)c(F)cc2s1. The van der Waals surface area contributed by atoms with Gasteiger partial charge in [-0.25, -0.2) is 13.8 Å². The van der Waals surface area contributed by atoms with Gasteiger partial charge >= 0.3 is 6.18 Å². The maximum atomic E-state index is 13.1. The molecule has 2 rings (SSSR count). The number of fused-ring (bicyclic) bond motifs is 1. The monoisotopic (exact) mass is 340 g/mol. The van der Waals surface area contributed by atoms with E-state index in [0.29, 0.717) is 0 Å². The van der Waals surface area contributed by atoms with E-state index in [4.69, 9.17) is 0 Å². The van der Waals surface area contributed by atoms with Gasteiger partial charge in [0.15, 0.2) is 16.8 Å². The van der Waals surface area contributed by atoms with Crippen molar-refractivity contribution in [2.45, 2.75) is 19.2 Å². The van der Waals surface area contributed by atoms with Crippen LogP contribution in [0.3, 0.4) is 0 Å². The average Bonchev–Trinajstić information content (AvgIpc) is 2.76. The van der Waals surface area contributed by atoms with Gasteiger partial charge in [0.2, 0.25) is 0 Å². The molecule has 0 aliphatic carbocycles. The van der Waals surface area contributed by atoms with E-state index in [0.717, 1.165) is 30.4 Å². The van der Waals surface area contributed by atoms with Crippen LogP contribution in [0.4, 0.5) is 27.1 Å². The van der Waals surface area contributed by atoms with E-state index in [-0.39, 0.29) is 15.3 Å². The highest BCUT2D eigenvalue weighted by molar-refractivity contribution is 7.22. The van der Waals surface area contributed by atoms with Gasteiger partial charge in [-0.3, -0.25) is 10.1 Å². The molecule has 1 unspecified atom stereocenters. The van der Waals surface area contributed by atoms with Crippen LogP contribution in [0, 0.1) is 11.6 Å². The van der Waals surface area contributed by atoms with Gasteiger partial charge in [-0.05, 0) is 13.0 Å². The zero-order valence-electron chi connectivity index (χ0n) is 11.0. The lowest BCUT2D eigenvalue weighted by molar-refractivity contribution is -0.184. The Labute approximate surface area is 124 Å². The third-order valence-electron chi connectivity index (χ3n) is 2.53. The molecule has 1 atom stereocenters. The number of carbonyl (C=O) groups excluding carboxylic acids is 1. The minimum atomic E-state index is -4.54. The normalized spacial score (nSPS) is 13.4. The summed E-state index contributed by atoms with van der Waals surface area (Å²) in [6.45, 7) is -0.411. The van der Waals surface area contributed by atoms with Crippen LogP contribution in [0.15, 0.2) is 12.1 Å². The number of benzene rings is 1. The number of hydrogen-bond donors (Lipinski definition) is 1. The summed E-state index contributed by atoms with van der Waals surface area (Å²) in [4.78, 5) is 15.5. The van der Waals surface area contributed by atoms with Crippen LogP contribution < -0.4 is 5.32 Å². The smallest absolute Gasteiger partial charge is 0.359 e. The molecule has 4 nitrogen and oxygen atoms in total. The molecule has 1 aromatic carbocycles. The van der Waals surface area contributed by atoms with Crippen molar-refractivity contribution in [1.82, 2.24) is 4.98 Å². The van der Waals surface area contributed by atoms with Crippen molar-refractivity contribution in [1.29, 1.82) is 0 Å². The molecule has 0 bridgehead atoms. The van der Waals surface area contributed by atoms with Gasteiger partial charge in [-0.2, -0.15) is 13.2 Å². The molecule has 0 fully saturated rings. The first kappa shape index (κ1) is 16.6. The van der Waals surface area contributed by atoms with Crippen LogP contribution in [-0.2, 0) is 9.53 Å². The molecule has 1 heterocycles. The molecule has 120 valence electrons. The van der Waals surface area contributed by atoms with Gasteiger partial charge in [-0.15, -0.1) is 0 Å².